The van der Waals surface area contributed by atoms with E-state index in [2.05, 4.69) is 30.8 Å². The van der Waals surface area contributed by atoms with Gasteiger partial charge < -0.3 is 5.32 Å². The number of benzene rings is 2. The maximum absolute atomic E-state index is 13.0. The number of carbonyl (C=O) groups excluding carboxylic acids is 1. The molecule has 0 aliphatic heterocycles. The molecule has 0 radical (unpaired) electrons. The van der Waals surface area contributed by atoms with Gasteiger partial charge >= 0.3 is 0 Å². The summed E-state index contributed by atoms with van der Waals surface area (Å²) in [6, 6.07) is 16.4. The van der Waals surface area contributed by atoms with Gasteiger partial charge in [-0.2, -0.15) is 5.10 Å². The van der Waals surface area contributed by atoms with Crippen molar-refractivity contribution in [3.8, 4) is 0 Å². The lowest BCUT2D eigenvalue weighted by atomic mass is 9.92. The number of carbonyl (C=O) groups is 1. The minimum absolute atomic E-state index is 0.152. The minimum Gasteiger partial charge on any atom is -0.307 e. The zero-order chi connectivity index (χ0) is 23.7. The van der Waals surface area contributed by atoms with E-state index in [0.29, 0.717) is 17.1 Å². The Morgan fingerprint density at radius 3 is 2.16 bits per heavy atom. The predicted molar refractivity (Wildman–Crippen MR) is 128 cm³/mol. The van der Waals surface area contributed by atoms with Gasteiger partial charge in [0.2, 0.25) is 0 Å². The molecular weight excluding hydrogens is 424 g/mol. The highest BCUT2D eigenvalue weighted by Gasteiger charge is 2.26. The second-order valence-electron chi connectivity index (χ2n) is 9.70. The van der Waals surface area contributed by atoms with Crippen LogP contribution in [0.2, 0.25) is 0 Å². The summed E-state index contributed by atoms with van der Waals surface area (Å²) in [7, 11) is -3.75. The molecule has 7 nitrogen and oxygen atoms in total. The van der Waals surface area contributed by atoms with Crippen LogP contribution < -0.4 is 10.0 Å². The van der Waals surface area contributed by atoms with E-state index in [4.69, 9.17) is 5.10 Å². The predicted octanol–water partition coefficient (Wildman–Crippen LogP) is 4.99. The average Bonchev–Trinajstić information content (AvgIpc) is 3.13. The first-order valence-electron chi connectivity index (χ1n) is 10.4. The fourth-order valence-electron chi connectivity index (χ4n) is 3.07. The summed E-state index contributed by atoms with van der Waals surface area (Å²) < 4.78 is 29.5. The van der Waals surface area contributed by atoms with Gasteiger partial charge in [0.15, 0.2) is 0 Å². The van der Waals surface area contributed by atoms with E-state index in [1.54, 1.807) is 41.1 Å². The van der Waals surface area contributed by atoms with Crippen LogP contribution in [-0.4, -0.2) is 24.1 Å². The van der Waals surface area contributed by atoms with Gasteiger partial charge in [0.1, 0.15) is 5.82 Å². The minimum atomic E-state index is -3.75. The van der Waals surface area contributed by atoms with Gasteiger partial charge in [0.25, 0.3) is 15.9 Å². The van der Waals surface area contributed by atoms with Gasteiger partial charge in [-0.15, -0.1) is 0 Å². The van der Waals surface area contributed by atoms with Crippen LogP contribution in [0, 0.1) is 0 Å². The first kappa shape index (κ1) is 23.5. The molecule has 1 aromatic heterocycles. The van der Waals surface area contributed by atoms with Crippen LogP contribution in [0.4, 0.5) is 11.5 Å². The highest BCUT2D eigenvalue weighted by Crippen LogP contribution is 2.28. The van der Waals surface area contributed by atoms with E-state index in [-0.39, 0.29) is 21.8 Å². The quantitative estimate of drug-likeness (QED) is 0.568. The Kier molecular flexibility index (Phi) is 6.20. The molecule has 0 fully saturated rings. The molecule has 170 valence electrons. The summed E-state index contributed by atoms with van der Waals surface area (Å²) in [6.45, 7) is 12.2. The van der Waals surface area contributed by atoms with Gasteiger partial charge in [-0.25, -0.2) is 13.1 Å². The average molecular weight is 455 g/mol. The SMILES string of the molecule is CC(C)(C)c1cc(NC(=O)c2cccc(NS(=O)(=O)c3ccccc3)c2)n(C(C)(C)C)n1. The molecule has 1 heterocycles. The van der Waals surface area contributed by atoms with Crippen LogP contribution in [-0.2, 0) is 21.0 Å². The van der Waals surface area contributed by atoms with Gasteiger partial charge in [-0.1, -0.05) is 45.0 Å². The molecule has 0 saturated heterocycles. The van der Waals surface area contributed by atoms with Crippen LogP contribution in [0.1, 0.15) is 57.6 Å². The second-order valence-corrected chi connectivity index (χ2v) is 11.4. The van der Waals surface area contributed by atoms with Gasteiger partial charge in [0.05, 0.1) is 16.1 Å². The second kappa shape index (κ2) is 8.43. The Morgan fingerprint density at radius 2 is 1.56 bits per heavy atom. The van der Waals surface area contributed by atoms with Crippen molar-refractivity contribution < 1.29 is 13.2 Å². The molecule has 1 amide bonds. The Bertz CT molecular complexity index is 1220. The van der Waals surface area contributed by atoms with Crippen molar-refractivity contribution in [2.75, 3.05) is 10.0 Å². The van der Waals surface area contributed by atoms with Crippen molar-refractivity contribution in [2.24, 2.45) is 0 Å². The topological polar surface area (TPSA) is 93.1 Å². The summed E-state index contributed by atoms with van der Waals surface area (Å²) in [5.74, 6) is 0.235. The van der Waals surface area contributed by atoms with E-state index >= 15 is 0 Å². The third-order valence-corrected chi connectivity index (χ3v) is 6.18. The number of sulfonamides is 1. The van der Waals surface area contributed by atoms with Gasteiger partial charge in [0, 0.05) is 22.7 Å². The Balaban J connectivity index is 1.87. The summed E-state index contributed by atoms with van der Waals surface area (Å²) in [5.41, 5.74) is 0.996. The number of rotatable bonds is 5. The molecule has 0 bridgehead atoms. The third kappa shape index (κ3) is 5.37. The number of hydrogen-bond acceptors (Lipinski definition) is 4. The van der Waals surface area contributed by atoms with E-state index in [1.165, 1.54) is 18.2 Å². The van der Waals surface area contributed by atoms with Crippen molar-refractivity contribution in [1.29, 1.82) is 0 Å². The van der Waals surface area contributed by atoms with Crippen LogP contribution in [0.15, 0.2) is 65.6 Å². The van der Waals surface area contributed by atoms with Crippen LogP contribution in [0.25, 0.3) is 0 Å². The smallest absolute Gasteiger partial charge is 0.261 e. The van der Waals surface area contributed by atoms with Crippen LogP contribution >= 0.6 is 0 Å². The molecule has 0 aliphatic carbocycles. The molecule has 2 aromatic carbocycles. The molecule has 3 aromatic rings. The fraction of sp³-hybridized carbons (Fsp3) is 0.333. The van der Waals surface area contributed by atoms with Crippen molar-refractivity contribution in [1.82, 2.24) is 9.78 Å². The summed E-state index contributed by atoms with van der Waals surface area (Å²) in [4.78, 5) is 13.2. The summed E-state index contributed by atoms with van der Waals surface area (Å²) in [6.07, 6.45) is 0. The fourth-order valence-corrected chi connectivity index (χ4v) is 4.14. The zero-order valence-corrected chi connectivity index (χ0v) is 20.1. The Morgan fingerprint density at radius 1 is 0.906 bits per heavy atom. The van der Waals surface area contributed by atoms with Crippen molar-refractivity contribution >= 4 is 27.4 Å². The number of anilines is 2. The number of nitrogens with zero attached hydrogens (tertiary/aromatic N) is 2. The Hall–Kier alpha value is -3.13. The molecule has 2 N–H and O–H groups in total. The molecule has 0 unspecified atom stereocenters. The molecule has 8 heteroatoms. The van der Waals surface area contributed by atoms with Crippen LogP contribution in [0.5, 0.6) is 0 Å². The lowest BCUT2D eigenvalue weighted by Crippen LogP contribution is -2.27. The molecule has 32 heavy (non-hydrogen) atoms. The van der Waals surface area contributed by atoms with Crippen molar-refractivity contribution in [2.45, 2.75) is 57.4 Å². The number of hydrogen-bond donors (Lipinski definition) is 2. The summed E-state index contributed by atoms with van der Waals surface area (Å²) in [5, 5.41) is 7.64. The molecule has 0 atom stereocenters. The lowest BCUT2D eigenvalue weighted by Gasteiger charge is -2.23. The molecule has 0 spiro atoms. The zero-order valence-electron chi connectivity index (χ0n) is 19.3. The molecule has 0 aliphatic rings. The van der Waals surface area contributed by atoms with E-state index in [1.807, 2.05) is 26.8 Å². The molecule has 3 rings (SSSR count). The van der Waals surface area contributed by atoms with Crippen molar-refractivity contribution in [3.63, 3.8) is 0 Å². The van der Waals surface area contributed by atoms with Gasteiger partial charge in [-0.3, -0.25) is 9.52 Å². The first-order chi connectivity index (χ1) is 14.8. The number of aromatic nitrogens is 2. The van der Waals surface area contributed by atoms with E-state index in [9.17, 15) is 13.2 Å². The van der Waals surface area contributed by atoms with Crippen LogP contribution in [0.3, 0.4) is 0 Å². The highest BCUT2D eigenvalue weighted by atomic mass is 32.2. The third-order valence-electron chi connectivity index (χ3n) is 4.79. The maximum Gasteiger partial charge on any atom is 0.261 e. The monoisotopic (exact) mass is 454 g/mol. The van der Waals surface area contributed by atoms with Gasteiger partial charge in [-0.05, 0) is 51.1 Å². The summed E-state index contributed by atoms with van der Waals surface area (Å²) >= 11 is 0. The Labute approximate surface area is 189 Å². The molecule has 0 saturated carbocycles. The molecular formula is C24H30N4O3S. The largest absolute Gasteiger partial charge is 0.307 e. The first-order valence-corrected chi connectivity index (χ1v) is 11.9. The normalized spacial score (nSPS) is 12.4. The maximum atomic E-state index is 13.0. The van der Waals surface area contributed by atoms with Crippen molar-refractivity contribution in [3.05, 3.63) is 71.9 Å². The highest BCUT2D eigenvalue weighted by molar-refractivity contribution is 7.92. The lowest BCUT2D eigenvalue weighted by molar-refractivity contribution is 0.102. The number of amides is 1. The standard InChI is InChI=1S/C24H30N4O3S/c1-23(2,3)20-16-21(28(26-20)24(4,5)6)25-22(29)17-11-10-12-18(15-17)27-32(30,31)19-13-8-7-9-14-19/h7-16,27H,1-6H3,(H,25,29). The number of nitrogens with one attached hydrogen (secondary N) is 2. The van der Waals surface area contributed by atoms with E-state index < -0.39 is 10.0 Å². The van der Waals surface area contributed by atoms with E-state index in [0.717, 1.165) is 5.69 Å².